The molecule has 0 saturated carbocycles. The van der Waals surface area contributed by atoms with Crippen molar-refractivity contribution in [3.63, 3.8) is 0 Å². The number of hydrogen-bond donors (Lipinski definition) is 0. The standard InChI is InChI=1S/C38H34NO2P/c1-25(2)39(38(30-17-13-26(3)14-18-30)31-19-15-27(4)16-20-31)42-40-34-23-21-28-9-5-7-11-32(28)36(34)37-33-12-8-6-10-29(33)22-24-35(37)41-42/h5-25,38H,1-4H3. The average molecular weight is 568 g/mol. The molecule has 0 spiro atoms. The molecule has 0 aliphatic carbocycles. The largest absolute Gasteiger partial charge is 0.408 e. The molecule has 0 unspecified atom stereocenters. The number of aryl methyl sites for hydroxylation is 2. The van der Waals surface area contributed by atoms with Crippen molar-refractivity contribution in [2.45, 2.75) is 39.8 Å². The van der Waals surface area contributed by atoms with E-state index in [0.29, 0.717) is 0 Å². The summed E-state index contributed by atoms with van der Waals surface area (Å²) >= 11 is 0. The second-order valence-electron chi connectivity index (χ2n) is 11.4. The lowest BCUT2D eigenvalue weighted by molar-refractivity contribution is 0.576. The third-order valence-corrected chi connectivity index (χ3v) is 9.93. The van der Waals surface area contributed by atoms with Gasteiger partial charge in [0, 0.05) is 16.8 Å². The second kappa shape index (κ2) is 10.8. The van der Waals surface area contributed by atoms with Gasteiger partial charge in [-0.25, -0.2) is 0 Å². The quantitative estimate of drug-likeness (QED) is 0.207. The molecule has 0 atom stereocenters. The Hall–Kier alpha value is -4.30. The topological polar surface area (TPSA) is 29.5 Å². The Morgan fingerprint density at radius 3 is 1.38 bits per heavy atom. The highest BCUT2D eigenvalue weighted by Gasteiger charge is 2.30. The first-order valence-corrected chi connectivity index (χ1v) is 15.7. The van der Waals surface area contributed by atoms with E-state index >= 15 is 0 Å². The minimum atomic E-state index is -1.55. The zero-order valence-corrected chi connectivity index (χ0v) is 25.3. The second-order valence-corrected chi connectivity index (χ2v) is 12.7. The smallest absolute Gasteiger partial charge is 0.310 e. The van der Waals surface area contributed by atoms with Crippen molar-refractivity contribution in [2.75, 3.05) is 4.67 Å². The molecule has 42 heavy (non-hydrogen) atoms. The lowest BCUT2D eigenvalue weighted by Gasteiger charge is -2.32. The molecular formula is C38H34NO2P. The van der Waals surface area contributed by atoms with Crippen LogP contribution in [0.4, 0.5) is 0 Å². The molecule has 0 bridgehead atoms. The maximum Gasteiger partial charge on any atom is 0.310 e. The molecule has 0 radical (unpaired) electrons. The number of fused-ring (bicyclic) bond motifs is 7. The van der Waals surface area contributed by atoms with Crippen molar-refractivity contribution in [3.05, 3.63) is 144 Å². The van der Waals surface area contributed by atoms with Crippen LogP contribution in [0.1, 0.15) is 42.1 Å². The van der Waals surface area contributed by atoms with Gasteiger partial charge in [-0.1, -0.05) is 120 Å². The van der Waals surface area contributed by atoms with Crippen molar-refractivity contribution in [1.29, 1.82) is 0 Å². The number of nitrogens with zero attached hydrogens (tertiary/aromatic N) is 1. The van der Waals surface area contributed by atoms with Crippen LogP contribution in [0.3, 0.4) is 0 Å². The lowest BCUT2D eigenvalue weighted by Crippen LogP contribution is -2.33. The first-order chi connectivity index (χ1) is 20.5. The average Bonchev–Trinajstić information content (AvgIpc) is 3.18. The molecule has 208 valence electrons. The lowest BCUT2D eigenvalue weighted by atomic mass is 9.96. The third-order valence-electron chi connectivity index (χ3n) is 8.15. The van der Waals surface area contributed by atoms with E-state index in [1.54, 1.807) is 0 Å². The van der Waals surface area contributed by atoms with Gasteiger partial charge in [-0.15, -0.1) is 0 Å². The normalized spacial score (nSPS) is 12.0. The zero-order valence-electron chi connectivity index (χ0n) is 24.4. The highest BCUT2D eigenvalue weighted by molar-refractivity contribution is 7.39. The summed E-state index contributed by atoms with van der Waals surface area (Å²) in [7, 11) is -1.55. The Morgan fingerprint density at radius 2 is 0.952 bits per heavy atom. The monoisotopic (exact) mass is 567 g/mol. The molecule has 0 aliphatic rings. The Bertz CT molecular complexity index is 1950. The molecule has 7 rings (SSSR count). The van der Waals surface area contributed by atoms with Crippen LogP contribution in [-0.4, -0.2) is 6.04 Å². The predicted molar refractivity (Wildman–Crippen MR) is 179 cm³/mol. The Labute approximate surface area is 247 Å². The van der Waals surface area contributed by atoms with Crippen LogP contribution in [0.2, 0.25) is 0 Å². The third kappa shape index (κ3) is 4.69. The summed E-state index contributed by atoms with van der Waals surface area (Å²) in [6, 6.07) is 43.5. The number of hydrogen-bond acceptors (Lipinski definition) is 3. The summed E-state index contributed by atoms with van der Waals surface area (Å²) < 4.78 is 16.5. The SMILES string of the molecule is Cc1ccc(C(c2ccc(C)cc2)N(C(C)C)p2oc3ccc4ccccc4c3c3c(ccc4ccccc43)o2)cc1. The maximum absolute atomic E-state index is 7.06. The van der Waals surface area contributed by atoms with Crippen LogP contribution >= 0.6 is 8.16 Å². The molecule has 1 heterocycles. The van der Waals surface area contributed by atoms with E-state index in [4.69, 9.17) is 8.39 Å². The van der Waals surface area contributed by atoms with E-state index in [1.807, 2.05) is 0 Å². The van der Waals surface area contributed by atoms with Gasteiger partial charge in [0.2, 0.25) is 0 Å². The molecule has 1 aromatic heterocycles. The van der Waals surface area contributed by atoms with E-state index in [9.17, 15) is 0 Å². The first kappa shape index (κ1) is 26.6. The highest BCUT2D eigenvalue weighted by Crippen LogP contribution is 2.46. The summed E-state index contributed by atoms with van der Waals surface area (Å²) in [6.07, 6.45) is 0. The summed E-state index contributed by atoms with van der Waals surface area (Å²) in [5.41, 5.74) is 6.63. The predicted octanol–water partition coefficient (Wildman–Crippen LogP) is 11.3. The van der Waals surface area contributed by atoms with Gasteiger partial charge in [-0.3, -0.25) is 0 Å². The Kier molecular flexibility index (Phi) is 6.86. The number of rotatable bonds is 5. The van der Waals surface area contributed by atoms with E-state index < -0.39 is 8.16 Å². The van der Waals surface area contributed by atoms with E-state index in [-0.39, 0.29) is 12.1 Å². The highest BCUT2D eigenvalue weighted by atomic mass is 31.1. The van der Waals surface area contributed by atoms with Crippen LogP contribution in [0.25, 0.3) is 43.5 Å². The molecular weight excluding hydrogens is 533 g/mol. The minimum absolute atomic E-state index is 0.0526. The molecule has 7 aromatic rings. The molecule has 3 nitrogen and oxygen atoms in total. The van der Waals surface area contributed by atoms with Gasteiger partial charge < -0.3 is 8.39 Å². The molecule has 0 fully saturated rings. The summed E-state index contributed by atoms with van der Waals surface area (Å²) in [6.45, 7) is 8.74. The first-order valence-electron chi connectivity index (χ1n) is 14.6. The molecule has 0 amide bonds. The van der Waals surface area contributed by atoms with Crippen molar-refractivity contribution in [3.8, 4) is 0 Å². The van der Waals surface area contributed by atoms with E-state index in [2.05, 4.69) is 154 Å². The van der Waals surface area contributed by atoms with Gasteiger partial charge in [0.15, 0.2) is 0 Å². The van der Waals surface area contributed by atoms with Crippen LogP contribution in [0, 0.1) is 13.8 Å². The van der Waals surface area contributed by atoms with Gasteiger partial charge in [-0.05, 0) is 72.5 Å². The van der Waals surface area contributed by atoms with Gasteiger partial charge >= 0.3 is 8.16 Å². The van der Waals surface area contributed by atoms with Gasteiger partial charge in [-0.2, -0.15) is 4.67 Å². The maximum atomic E-state index is 7.06. The molecule has 4 heteroatoms. The van der Waals surface area contributed by atoms with Crippen molar-refractivity contribution in [2.24, 2.45) is 0 Å². The molecule has 0 aliphatic heterocycles. The fraction of sp³-hybridized carbons (Fsp3) is 0.158. The summed E-state index contributed by atoms with van der Waals surface area (Å²) in [4.78, 5) is 0. The zero-order chi connectivity index (χ0) is 28.8. The molecule has 0 N–H and O–H groups in total. The van der Waals surface area contributed by atoms with E-state index in [0.717, 1.165) is 32.7 Å². The Morgan fingerprint density at radius 1 is 0.524 bits per heavy atom. The number of benzene rings is 6. The van der Waals surface area contributed by atoms with Gasteiger partial charge in [0.1, 0.15) is 11.2 Å². The van der Waals surface area contributed by atoms with E-state index in [1.165, 1.54) is 33.0 Å². The minimum Gasteiger partial charge on any atom is -0.408 e. The van der Waals surface area contributed by atoms with Crippen LogP contribution in [-0.2, 0) is 0 Å². The van der Waals surface area contributed by atoms with Gasteiger partial charge in [0.05, 0.1) is 6.04 Å². The van der Waals surface area contributed by atoms with Gasteiger partial charge in [0.25, 0.3) is 0 Å². The van der Waals surface area contributed by atoms with Crippen molar-refractivity contribution >= 4 is 51.6 Å². The van der Waals surface area contributed by atoms with Crippen molar-refractivity contribution in [1.82, 2.24) is 0 Å². The molecule has 0 saturated heterocycles. The Balaban J connectivity index is 1.59. The summed E-state index contributed by atoms with van der Waals surface area (Å²) in [5.74, 6) is 0. The molecule has 6 aromatic carbocycles. The van der Waals surface area contributed by atoms with Crippen LogP contribution in [0.15, 0.2) is 130 Å². The van der Waals surface area contributed by atoms with Crippen LogP contribution in [0.5, 0.6) is 0 Å². The van der Waals surface area contributed by atoms with Crippen LogP contribution < -0.4 is 4.67 Å². The fourth-order valence-corrected chi connectivity index (χ4v) is 7.73. The summed E-state index contributed by atoms with van der Waals surface area (Å²) in [5, 5.41) is 6.88. The fourth-order valence-electron chi connectivity index (χ4n) is 6.03. The van der Waals surface area contributed by atoms with Crippen molar-refractivity contribution < 1.29 is 8.39 Å².